The normalized spacial score (nSPS) is 14.0. The number of carbonyl (C=O) groups is 1. The molecular weight excluding hydrogens is 372 g/mol. The summed E-state index contributed by atoms with van der Waals surface area (Å²) in [6.45, 7) is 3.40. The molecule has 0 spiro atoms. The summed E-state index contributed by atoms with van der Waals surface area (Å²) in [5.41, 5.74) is 3.17. The molecule has 3 nitrogen and oxygen atoms in total. The Balaban J connectivity index is 1.69. The van der Waals surface area contributed by atoms with Crippen LogP contribution in [0.15, 0.2) is 58.0 Å². The number of benzene rings is 2. The minimum atomic E-state index is 0.00475. The zero-order valence-corrected chi connectivity index (χ0v) is 15.2. The van der Waals surface area contributed by atoms with E-state index in [4.69, 9.17) is 0 Å². The second kappa shape index (κ2) is 7.32. The third-order valence-electron chi connectivity index (χ3n) is 3.64. The molecule has 0 bridgehead atoms. The molecule has 2 aromatic rings. The number of aliphatic imine (C=N–C) groups is 1. The zero-order chi connectivity index (χ0) is 16.2. The van der Waals surface area contributed by atoms with Gasteiger partial charge in [0.1, 0.15) is 0 Å². The Kier molecular flexibility index (Phi) is 5.18. The molecule has 2 aromatic carbocycles. The maximum absolute atomic E-state index is 12.7. The van der Waals surface area contributed by atoms with Crippen LogP contribution in [-0.4, -0.2) is 29.1 Å². The second-order valence-electron chi connectivity index (χ2n) is 5.38. The van der Waals surface area contributed by atoms with Gasteiger partial charge in [-0.1, -0.05) is 53.7 Å². The van der Waals surface area contributed by atoms with Crippen LogP contribution >= 0.6 is 27.7 Å². The van der Waals surface area contributed by atoms with Gasteiger partial charge < -0.3 is 0 Å². The number of rotatable bonds is 3. The number of hydrogen-bond acceptors (Lipinski definition) is 3. The van der Waals surface area contributed by atoms with Crippen LogP contribution in [0.4, 0.5) is 0 Å². The quantitative estimate of drug-likeness (QED) is 0.774. The smallest absolute Gasteiger partial charge is 0.261 e. The lowest BCUT2D eigenvalue weighted by Crippen LogP contribution is -2.33. The van der Waals surface area contributed by atoms with E-state index in [0.717, 1.165) is 15.4 Å². The maximum atomic E-state index is 12.7. The lowest BCUT2D eigenvalue weighted by molar-refractivity contribution is 0.0860. The van der Waals surface area contributed by atoms with E-state index >= 15 is 0 Å². The monoisotopic (exact) mass is 388 g/mol. The van der Waals surface area contributed by atoms with E-state index in [9.17, 15) is 4.79 Å². The topological polar surface area (TPSA) is 32.7 Å². The summed E-state index contributed by atoms with van der Waals surface area (Å²) in [4.78, 5) is 19.0. The Morgan fingerprint density at radius 3 is 2.70 bits per heavy atom. The summed E-state index contributed by atoms with van der Waals surface area (Å²) < 4.78 is 0.819. The highest BCUT2D eigenvalue weighted by Gasteiger charge is 2.26. The zero-order valence-electron chi connectivity index (χ0n) is 12.8. The van der Waals surface area contributed by atoms with Crippen LogP contribution in [0.2, 0.25) is 0 Å². The van der Waals surface area contributed by atoms with Gasteiger partial charge in [-0.2, -0.15) is 0 Å². The van der Waals surface area contributed by atoms with Crippen molar-refractivity contribution in [2.75, 3.05) is 13.1 Å². The maximum Gasteiger partial charge on any atom is 0.261 e. The molecule has 0 aliphatic carbocycles. The van der Waals surface area contributed by atoms with Crippen LogP contribution in [0.1, 0.15) is 21.5 Å². The molecule has 0 aromatic heterocycles. The number of thioether (sulfide) groups is 1. The average Bonchev–Trinajstić information content (AvgIpc) is 3.03. The van der Waals surface area contributed by atoms with Gasteiger partial charge >= 0.3 is 0 Å². The molecule has 5 heteroatoms. The Bertz CT molecular complexity index is 743. The van der Waals surface area contributed by atoms with Crippen molar-refractivity contribution in [1.82, 2.24) is 4.90 Å². The number of carbonyl (C=O) groups excluding carboxylic acids is 1. The van der Waals surface area contributed by atoms with Crippen molar-refractivity contribution < 1.29 is 4.79 Å². The molecule has 0 saturated heterocycles. The van der Waals surface area contributed by atoms with Gasteiger partial charge in [-0.15, -0.1) is 0 Å². The van der Waals surface area contributed by atoms with Crippen LogP contribution in [0, 0.1) is 6.92 Å². The summed E-state index contributed by atoms with van der Waals surface area (Å²) >= 11 is 5.07. The lowest BCUT2D eigenvalue weighted by Gasteiger charge is -2.18. The van der Waals surface area contributed by atoms with E-state index in [1.807, 2.05) is 24.3 Å². The average molecular weight is 389 g/mol. The molecular formula is C18H17BrN2OS. The largest absolute Gasteiger partial charge is 0.286 e. The van der Waals surface area contributed by atoms with Gasteiger partial charge in [0, 0.05) is 16.8 Å². The Labute approximate surface area is 148 Å². The fourth-order valence-electron chi connectivity index (χ4n) is 2.35. The standard InChI is InChI=1S/C18H17BrN2OS/c1-13-6-8-14(9-7-13)12-23-18-20-10-11-21(18)17(22)15-4-2-3-5-16(15)19/h2-9H,10-12H2,1H3. The first kappa shape index (κ1) is 16.3. The lowest BCUT2D eigenvalue weighted by atomic mass is 10.2. The van der Waals surface area contributed by atoms with Gasteiger partial charge in [0.05, 0.1) is 12.1 Å². The molecule has 1 aliphatic rings. The predicted octanol–water partition coefficient (Wildman–Crippen LogP) is 4.50. The Morgan fingerprint density at radius 2 is 1.96 bits per heavy atom. The van der Waals surface area contributed by atoms with Crippen molar-refractivity contribution >= 4 is 38.8 Å². The fourth-order valence-corrected chi connectivity index (χ4v) is 3.81. The molecule has 1 heterocycles. The fraction of sp³-hybridized carbons (Fsp3) is 0.222. The van der Waals surface area contributed by atoms with Crippen molar-refractivity contribution in [2.24, 2.45) is 4.99 Å². The highest BCUT2D eigenvalue weighted by atomic mass is 79.9. The molecule has 1 aliphatic heterocycles. The van der Waals surface area contributed by atoms with Crippen LogP contribution in [0.5, 0.6) is 0 Å². The van der Waals surface area contributed by atoms with Gasteiger partial charge in [0.15, 0.2) is 5.17 Å². The highest BCUT2D eigenvalue weighted by molar-refractivity contribution is 9.10. The number of nitrogens with zero attached hydrogens (tertiary/aromatic N) is 2. The molecule has 0 radical (unpaired) electrons. The molecule has 0 unspecified atom stereocenters. The Morgan fingerprint density at radius 1 is 1.22 bits per heavy atom. The summed E-state index contributed by atoms with van der Waals surface area (Å²) in [6, 6.07) is 16.0. The van der Waals surface area contributed by atoms with E-state index in [0.29, 0.717) is 18.7 Å². The first-order chi connectivity index (χ1) is 11.1. The molecule has 23 heavy (non-hydrogen) atoms. The Hall–Kier alpha value is -1.59. The van der Waals surface area contributed by atoms with Crippen LogP contribution < -0.4 is 0 Å². The van der Waals surface area contributed by atoms with E-state index in [1.165, 1.54) is 11.1 Å². The van der Waals surface area contributed by atoms with E-state index in [-0.39, 0.29) is 5.91 Å². The molecule has 118 valence electrons. The number of halogens is 1. The van der Waals surface area contributed by atoms with Crippen molar-refractivity contribution in [3.05, 3.63) is 69.7 Å². The molecule has 0 saturated carbocycles. The third-order valence-corrected chi connectivity index (χ3v) is 5.42. The molecule has 0 atom stereocenters. The van der Waals surface area contributed by atoms with Gasteiger partial charge in [-0.3, -0.25) is 14.7 Å². The predicted molar refractivity (Wildman–Crippen MR) is 100.0 cm³/mol. The van der Waals surface area contributed by atoms with Gasteiger partial charge in [0.2, 0.25) is 0 Å². The van der Waals surface area contributed by atoms with E-state index in [1.54, 1.807) is 16.7 Å². The molecule has 0 N–H and O–H groups in total. The van der Waals surface area contributed by atoms with Crippen LogP contribution in [-0.2, 0) is 5.75 Å². The number of amides is 1. The summed E-state index contributed by atoms with van der Waals surface area (Å²) in [5, 5.41) is 0.811. The number of hydrogen-bond donors (Lipinski definition) is 0. The van der Waals surface area contributed by atoms with Gasteiger partial charge in [-0.05, 0) is 40.5 Å². The summed E-state index contributed by atoms with van der Waals surface area (Å²) in [5.74, 6) is 0.823. The van der Waals surface area contributed by atoms with Crippen molar-refractivity contribution in [3.8, 4) is 0 Å². The summed E-state index contributed by atoms with van der Waals surface area (Å²) in [6.07, 6.45) is 0. The SMILES string of the molecule is Cc1ccc(CSC2=NCCN2C(=O)c2ccccc2Br)cc1. The molecule has 0 fully saturated rings. The minimum absolute atomic E-state index is 0.00475. The van der Waals surface area contributed by atoms with Crippen molar-refractivity contribution in [2.45, 2.75) is 12.7 Å². The number of amidine groups is 1. The van der Waals surface area contributed by atoms with Crippen LogP contribution in [0.3, 0.4) is 0 Å². The first-order valence-electron chi connectivity index (χ1n) is 7.44. The first-order valence-corrected chi connectivity index (χ1v) is 9.22. The van der Waals surface area contributed by atoms with Gasteiger partial charge in [0.25, 0.3) is 5.91 Å². The number of aryl methyl sites for hydroxylation is 1. The van der Waals surface area contributed by atoms with E-state index in [2.05, 4.69) is 52.1 Å². The molecule has 1 amide bonds. The molecule has 3 rings (SSSR count). The second-order valence-corrected chi connectivity index (χ2v) is 7.17. The van der Waals surface area contributed by atoms with Crippen LogP contribution in [0.25, 0.3) is 0 Å². The van der Waals surface area contributed by atoms with Crippen molar-refractivity contribution in [3.63, 3.8) is 0 Å². The van der Waals surface area contributed by atoms with Gasteiger partial charge in [-0.25, -0.2) is 0 Å². The summed E-state index contributed by atoms with van der Waals surface area (Å²) in [7, 11) is 0. The third kappa shape index (κ3) is 3.85. The van der Waals surface area contributed by atoms with E-state index < -0.39 is 0 Å². The van der Waals surface area contributed by atoms with Crippen molar-refractivity contribution in [1.29, 1.82) is 0 Å². The minimum Gasteiger partial charge on any atom is -0.286 e. The highest BCUT2D eigenvalue weighted by Crippen LogP contribution is 2.24.